The zero-order valence-electron chi connectivity index (χ0n) is 10.2. The van der Waals surface area contributed by atoms with E-state index in [9.17, 15) is 4.79 Å². The van der Waals surface area contributed by atoms with Gasteiger partial charge in [-0.2, -0.15) is 0 Å². The molecular weight excluding hydrogens is 226 g/mol. The molecular formula is C14H17N3O. The van der Waals surface area contributed by atoms with Gasteiger partial charge in [-0.25, -0.2) is 0 Å². The van der Waals surface area contributed by atoms with Crippen molar-refractivity contribution in [1.29, 1.82) is 0 Å². The fourth-order valence-corrected chi connectivity index (χ4v) is 2.57. The highest BCUT2D eigenvalue weighted by Gasteiger charge is 2.23. The number of aromatic amines is 1. The molecule has 4 heteroatoms. The van der Waals surface area contributed by atoms with Crippen LogP contribution in [0.2, 0.25) is 0 Å². The predicted molar refractivity (Wildman–Crippen MR) is 71.2 cm³/mol. The number of rotatable bonds is 2. The number of nitrogens with zero attached hydrogens (tertiary/aromatic N) is 1. The second-order valence-electron chi connectivity index (χ2n) is 4.92. The Balaban J connectivity index is 1.78. The molecule has 4 nitrogen and oxygen atoms in total. The van der Waals surface area contributed by atoms with E-state index in [0.717, 1.165) is 29.4 Å². The van der Waals surface area contributed by atoms with E-state index >= 15 is 0 Å². The fourth-order valence-electron chi connectivity index (χ4n) is 2.57. The van der Waals surface area contributed by atoms with E-state index < -0.39 is 0 Å². The predicted octanol–water partition coefficient (Wildman–Crippen LogP) is 1.27. The second-order valence-corrected chi connectivity index (χ2v) is 4.92. The molecule has 0 bridgehead atoms. The minimum atomic E-state index is 0.150. The Morgan fingerprint density at radius 1 is 1.44 bits per heavy atom. The number of para-hydroxylation sites is 1. The van der Waals surface area contributed by atoms with E-state index in [-0.39, 0.29) is 11.9 Å². The number of carbonyl (C=O) groups excluding carboxylic acids is 1. The number of carbonyl (C=O) groups is 1. The number of H-pyrrole nitrogens is 1. The Hall–Kier alpha value is -1.81. The van der Waals surface area contributed by atoms with Gasteiger partial charge in [-0.05, 0) is 18.1 Å². The summed E-state index contributed by atoms with van der Waals surface area (Å²) in [6, 6.07) is 8.20. The van der Waals surface area contributed by atoms with Crippen LogP contribution in [0.25, 0.3) is 10.9 Å². The lowest BCUT2D eigenvalue weighted by Crippen LogP contribution is -2.32. The topological polar surface area (TPSA) is 62.1 Å². The van der Waals surface area contributed by atoms with Crippen LogP contribution in [-0.2, 0) is 11.2 Å². The van der Waals surface area contributed by atoms with Crippen molar-refractivity contribution in [3.05, 3.63) is 36.0 Å². The van der Waals surface area contributed by atoms with Gasteiger partial charge in [0.2, 0.25) is 5.91 Å². The van der Waals surface area contributed by atoms with Crippen LogP contribution in [0.4, 0.5) is 0 Å². The first-order chi connectivity index (χ1) is 8.74. The first-order valence-corrected chi connectivity index (χ1v) is 6.32. The SMILES string of the molecule is NC1CCN(C(=O)Cc2c[nH]c3ccccc23)C1. The third-order valence-corrected chi connectivity index (χ3v) is 3.59. The van der Waals surface area contributed by atoms with E-state index in [4.69, 9.17) is 5.73 Å². The maximum atomic E-state index is 12.2. The summed E-state index contributed by atoms with van der Waals surface area (Å²) in [5.74, 6) is 0.174. The van der Waals surface area contributed by atoms with Gasteiger partial charge < -0.3 is 15.6 Å². The Bertz CT molecular complexity index is 575. The van der Waals surface area contributed by atoms with Crippen molar-refractivity contribution in [2.45, 2.75) is 18.9 Å². The largest absolute Gasteiger partial charge is 0.361 e. The highest BCUT2D eigenvalue weighted by atomic mass is 16.2. The molecule has 2 aromatic rings. The Labute approximate surface area is 106 Å². The van der Waals surface area contributed by atoms with Gasteiger partial charge in [0, 0.05) is 36.2 Å². The lowest BCUT2D eigenvalue weighted by molar-refractivity contribution is -0.129. The molecule has 1 aromatic heterocycles. The minimum Gasteiger partial charge on any atom is -0.361 e. The van der Waals surface area contributed by atoms with Gasteiger partial charge in [-0.1, -0.05) is 18.2 Å². The monoisotopic (exact) mass is 243 g/mol. The smallest absolute Gasteiger partial charge is 0.227 e. The molecule has 1 unspecified atom stereocenters. The Kier molecular flexibility index (Phi) is 2.80. The van der Waals surface area contributed by atoms with E-state index in [2.05, 4.69) is 4.98 Å². The molecule has 1 aliphatic heterocycles. The van der Waals surface area contributed by atoms with Crippen LogP contribution in [0.5, 0.6) is 0 Å². The van der Waals surface area contributed by atoms with Crippen LogP contribution in [-0.4, -0.2) is 34.9 Å². The molecule has 2 heterocycles. The van der Waals surface area contributed by atoms with Crippen LogP contribution < -0.4 is 5.73 Å². The summed E-state index contributed by atoms with van der Waals surface area (Å²) in [5, 5.41) is 1.13. The molecule has 1 saturated heterocycles. The zero-order chi connectivity index (χ0) is 12.5. The number of aromatic nitrogens is 1. The summed E-state index contributed by atoms with van der Waals surface area (Å²) < 4.78 is 0. The molecule has 0 spiro atoms. The van der Waals surface area contributed by atoms with Crippen LogP contribution in [0.3, 0.4) is 0 Å². The summed E-state index contributed by atoms with van der Waals surface area (Å²) in [6.07, 6.45) is 3.30. The number of fused-ring (bicyclic) bond motifs is 1. The molecule has 0 radical (unpaired) electrons. The average molecular weight is 243 g/mol. The lowest BCUT2D eigenvalue weighted by atomic mass is 10.1. The number of nitrogens with two attached hydrogens (primary N) is 1. The number of hydrogen-bond acceptors (Lipinski definition) is 2. The highest BCUT2D eigenvalue weighted by molar-refractivity contribution is 5.88. The van der Waals surface area contributed by atoms with E-state index in [0.29, 0.717) is 13.0 Å². The van der Waals surface area contributed by atoms with Crippen LogP contribution in [0, 0.1) is 0 Å². The van der Waals surface area contributed by atoms with Gasteiger partial charge in [0.1, 0.15) is 0 Å². The second kappa shape index (κ2) is 4.46. The average Bonchev–Trinajstić information content (AvgIpc) is 2.97. The van der Waals surface area contributed by atoms with E-state index in [1.54, 1.807) is 0 Å². The minimum absolute atomic E-state index is 0.150. The fraction of sp³-hybridized carbons (Fsp3) is 0.357. The Morgan fingerprint density at radius 2 is 2.28 bits per heavy atom. The molecule has 1 atom stereocenters. The van der Waals surface area contributed by atoms with Crippen molar-refractivity contribution in [3.63, 3.8) is 0 Å². The van der Waals surface area contributed by atoms with Crippen molar-refractivity contribution in [2.75, 3.05) is 13.1 Å². The summed E-state index contributed by atoms with van der Waals surface area (Å²) in [4.78, 5) is 17.2. The number of amides is 1. The molecule has 1 amide bonds. The summed E-state index contributed by atoms with van der Waals surface area (Å²) in [6.45, 7) is 1.49. The number of hydrogen-bond donors (Lipinski definition) is 2. The van der Waals surface area contributed by atoms with Gasteiger partial charge in [-0.15, -0.1) is 0 Å². The van der Waals surface area contributed by atoms with Crippen LogP contribution in [0.15, 0.2) is 30.5 Å². The summed E-state index contributed by atoms with van der Waals surface area (Å²) >= 11 is 0. The van der Waals surface area contributed by atoms with Crippen molar-refractivity contribution in [2.24, 2.45) is 5.73 Å². The number of likely N-dealkylation sites (tertiary alicyclic amines) is 1. The first-order valence-electron chi connectivity index (χ1n) is 6.32. The molecule has 18 heavy (non-hydrogen) atoms. The number of nitrogens with one attached hydrogen (secondary N) is 1. The molecule has 0 saturated carbocycles. The first kappa shape index (κ1) is 11.3. The maximum Gasteiger partial charge on any atom is 0.227 e. The normalized spacial score (nSPS) is 19.6. The van der Waals surface area contributed by atoms with Gasteiger partial charge in [0.15, 0.2) is 0 Å². The quantitative estimate of drug-likeness (QED) is 0.834. The molecule has 3 N–H and O–H groups in total. The summed E-state index contributed by atoms with van der Waals surface area (Å²) in [7, 11) is 0. The van der Waals surface area contributed by atoms with E-state index in [1.165, 1.54) is 0 Å². The zero-order valence-corrected chi connectivity index (χ0v) is 10.2. The lowest BCUT2D eigenvalue weighted by Gasteiger charge is -2.15. The number of benzene rings is 1. The molecule has 94 valence electrons. The maximum absolute atomic E-state index is 12.2. The van der Waals surface area contributed by atoms with Gasteiger partial charge >= 0.3 is 0 Å². The molecule has 1 fully saturated rings. The van der Waals surface area contributed by atoms with Crippen molar-refractivity contribution in [1.82, 2.24) is 9.88 Å². The van der Waals surface area contributed by atoms with Gasteiger partial charge in [0.25, 0.3) is 0 Å². The van der Waals surface area contributed by atoms with Crippen molar-refractivity contribution < 1.29 is 4.79 Å². The van der Waals surface area contributed by atoms with Gasteiger partial charge in [-0.3, -0.25) is 4.79 Å². The Morgan fingerprint density at radius 3 is 3.06 bits per heavy atom. The van der Waals surface area contributed by atoms with Crippen LogP contribution in [0.1, 0.15) is 12.0 Å². The standard InChI is InChI=1S/C14H17N3O/c15-11-5-6-17(9-11)14(18)7-10-8-16-13-4-2-1-3-12(10)13/h1-4,8,11,16H,5-7,9,15H2. The highest BCUT2D eigenvalue weighted by Crippen LogP contribution is 2.19. The molecule has 0 aliphatic carbocycles. The molecule has 1 aromatic carbocycles. The molecule has 1 aliphatic rings. The third kappa shape index (κ3) is 1.99. The van der Waals surface area contributed by atoms with Crippen molar-refractivity contribution in [3.8, 4) is 0 Å². The van der Waals surface area contributed by atoms with Crippen LogP contribution >= 0.6 is 0 Å². The van der Waals surface area contributed by atoms with Crippen molar-refractivity contribution >= 4 is 16.8 Å². The van der Waals surface area contributed by atoms with E-state index in [1.807, 2.05) is 35.4 Å². The van der Waals surface area contributed by atoms with Gasteiger partial charge in [0.05, 0.1) is 6.42 Å². The molecule has 3 rings (SSSR count). The summed E-state index contributed by atoms with van der Waals surface area (Å²) in [5.41, 5.74) is 7.97. The third-order valence-electron chi connectivity index (χ3n) is 3.59.